The molecule has 0 bridgehead atoms. The zero-order valence-corrected chi connectivity index (χ0v) is 23.2. The Morgan fingerprint density at radius 2 is 1.57 bits per heavy atom. The Kier molecular flexibility index (Phi) is 9.43. The van der Waals surface area contributed by atoms with E-state index < -0.39 is 36.4 Å². The molecule has 8 heteroatoms. The third-order valence-electron chi connectivity index (χ3n) is 7.09. The van der Waals surface area contributed by atoms with Gasteiger partial charge in [-0.1, -0.05) is 68.4 Å². The molecule has 1 aliphatic heterocycles. The van der Waals surface area contributed by atoms with Crippen LogP contribution in [0.3, 0.4) is 0 Å². The van der Waals surface area contributed by atoms with Crippen LogP contribution in [0.1, 0.15) is 59.1 Å². The van der Waals surface area contributed by atoms with Gasteiger partial charge in [0.25, 0.3) is 0 Å². The molecule has 1 heterocycles. The van der Waals surface area contributed by atoms with Gasteiger partial charge in [-0.05, 0) is 63.0 Å². The molecular formula is C29H40BNO6. The van der Waals surface area contributed by atoms with Crippen LogP contribution in [0.4, 0.5) is 4.79 Å². The number of methoxy groups -OCH3 is 1. The standard InChI is InChI=1S/C29H40BNO6/c1-21(2)18-25(26(32)35-20-23-12-9-8-10-13-23)31(27(33)34-7)17-16-22-14-11-15-24(19-22)30-36-28(3,4)29(5,6)37-30/h8-15,19,21,25H,16-18,20H2,1-7H3. The summed E-state index contributed by atoms with van der Waals surface area (Å²) >= 11 is 0. The minimum absolute atomic E-state index is 0.152. The Bertz CT molecular complexity index is 1040. The first-order valence-electron chi connectivity index (χ1n) is 12.9. The van der Waals surface area contributed by atoms with Crippen molar-refractivity contribution in [2.45, 2.75) is 78.2 Å². The van der Waals surface area contributed by atoms with Crippen molar-refractivity contribution in [1.29, 1.82) is 0 Å². The highest BCUT2D eigenvalue weighted by molar-refractivity contribution is 6.62. The van der Waals surface area contributed by atoms with Crippen LogP contribution in [0.15, 0.2) is 54.6 Å². The summed E-state index contributed by atoms with van der Waals surface area (Å²) in [6, 6.07) is 16.7. The molecule has 1 fully saturated rings. The van der Waals surface area contributed by atoms with Crippen LogP contribution in [-0.2, 0) is 36.6 Å². The van der Waals surface area contributed by atoms with Gasteiger partial charge in [0, 0.05) is 6.54 Å². The Balaban J connectivity index is 1.74. The molecule has 1 aliphatic rings. The van der Waals surface area contributed by atoms with Gasteiger partial charge < -0.3 is 18.8 Å². The van der Waals surface area contributed by atoms with Crippen molar-refractivity contribution in [2.75, 3.05) is 13.7 Å². The van der Waals surface area contributed by atoms with Gasteiger partial charge >= 0.3 is 19.2 Å². The predicted molar refractivity (Wildman–Crippen MR) is 144 cm³/mol. The fourth-order valence-corrected chi connectivity index (χ4v) is 4.24. The second-order valence-corrected chi connectivity index (χ2v) is 11.0. The molecule has 2 aromatic carbocycles. The van der Waals surface area contributed by atoms with Crippen molar-refractivity contribution in [1.82, 2.24) is 4.90 Å². The highest BCUT2D eigenvalue weighted by Crippen LogP contribution is 2.36. The van der Waals surface area contributed by atoms with Crippen molar-refractivity contribution in [2.24, 2.45) is 5.92 Å². The third kappa shape index (κ3) is 7.36. The van der Waals surface area contributed by atoms with E-state index in [1.165, 1.54) is 12.0 Å². The summed E-state index contributed by atoms with van der Waals surface area (Å²) in [5.74, 6) is -0.262. The van der Waals surface area contributed by atoms with Gasteiger partial charge in [0.05, 0.1) is 18.3 Å². The lowest BCUT2D eigenvalue weighted by Crippen LogP contribution is -2.47. The number of carbonyl (C=O) groups excluding carboxylic acids is 2. The Labute approximate surface area is 221 Å². The van der Waals surface area contributed by atoms with E-state index in [9.17, 15) is 9.59 Å². The van der Waals surface area contributed by atoms with Crippen LogP contribution >= 0.6 is 0 Å². The van der Waals surface area contributed by atoms with E-state index in [1.807, 2.05) is 96.1 Å². The van der Waals surface area contributed by atoms with Crippen molar-refractivity contribution in [3.63, 3.8) is 0 Å². The Hall–Kier alpha value is -2.84. The van der Waals surface area contributed by atoms with Crippen molar-refractivity contribution >= 4 is 24.6 Å². The van der Waals surface area contributed by atoms with Gasteiger partial charge in [0.2, 0.25) is 0 Å². The molecule has 0 aromatic heterocycles. The maximum Gasteiger partial charge on any atom is 0.494 e. The number of ether oxygens (including phenoxy) is 2. The summed E-state index contributed by atoms with van der Waals surface area (Å²) in [5, 5.41) is 0. The van der Waals surface area contributed by atoms with Gasteiger partial charge in [-0.15, -0.1) is 0 Å². The number of amides is 1. The molecule has 1 atom stereocenters. The van der Waals surface area contributed by atoms with Crippen molar-refractivity contribution in [3.8, 4) is 0 Å². The first kappa shape index (κ1) is 28.7. The maximum atomic E-state index is 13.2. The van der Waals surface area contributed by atoms with E-state index in [4.69, 9.17) is 18.8 Å². The number of carbonyl (C=O) groups is 2. The fraction of sp³-hybridized carbons (Fsp3) is 0.517. The lowest BCUT2D eigenvalue weighted by atomic mass is 9.78. The van der Waals surface area contributed by atoms with Crippen LogP contribution < -0.4 is 5.46 Å². The molecule has 0 aliphatic carbocycles. The van der Waals surface area contributed by atoms with Crippen LogP contribution in [0.5, 0.6) is 0 Å². The average molecular weight is 509 g/mol. The minimum Gasteiger partial charge on any atom is -0.459 e. The number of hydrogen-bond acceptors (Lipinski definition) is 6. The Morgan fingerprint density at radius 3 is 2.16 bits per heavy atom. The highest BCUT2D eigenvalue weighted by atomic mass is 16.7. The number of rotatable bonds is 10. The van der Waals surface area contributed by atoms with Crippen LogP contribution in [-0.4, -0.2) is 55.0 Å². The highest BCUT2D eigenvalue weighted by Gasteiger charge is 2.51. The molecule has 7 nitrogen and oxygen atoms in total. The quantitative estimate of drug-likeness (QED) is 0.340. The van der Waals surface area contributed by atoms with Crippen molar-refractivity contribution in [3.05, 3.63) is 65.7 Å². The third-order valence-corrected chi connectivity index (χ3v) is 7.09. The summed E-state index contributed by atoms with van der Waals surface area (Å²) < 4.78 is 23.1. The van der Waals surface area contributed by atoms with Gasteiger partial charge in [0.15, 0.2) is 0 Å². The molecule has 1 amide bonds. The van der Waals surface area contributed by atoms with Crippen LogP contribution in [0.25, 0.3) is 0 Å². The number of benzene rings is 2. The van der Waals surface area contributed by atoms with E-state index in [0.29, 0.717) is 19.4 Å². The molecule has 0 radical (unpaired) electrons. The zero-order valence-electron chi connectivity index (χ0n) is 23.2. The summed E-state index contributed by atoms with van der Waals surface area (Å²) in [6.07, 6.45) is 0.448. The van der Waals surface area contributed by atoms with Gasteiger partial charge in [-0.3, -0.25) is 4.90 Å². The average Bonchev–Trinajstić information content (AvgIpc) is 3.08. The Morgan fingerprint density at radius 1 is 0.946 bits per heavy atom. The molecule has 2 aromatic rings. The second-order valence-electron chi connectivity index (χ2n) is 11.0. The molecular weight excluding hydrogens is 469 g/mol. The molecule has 1 unspecified atom stereocenters. The topological polar surface area (TPSA) is 74.3 Å². The first-order valence-corrected chi connectivity index (χ1v) is 12.9. The summed E-state index contributed by atoms with van der Waals surface area (Å²) in [6.45, 7) is 12.6. The van der Waals surface area contributed by atoms with Crippen LogP contribution in [0, 0.1) is 5.92 Å². The molecule has 37 heavy (non-hydrogen) atoms. The van der Waals surface area contributed by atoms with E-state index in [-0.39, 0.29) is 12.5 Å². The lowest BCUT2D eigenvalue weighted by Gasteiger charge is -2.32. The molecule has 1 saturated heterocycles. The van der Waals surface area contributed by atoms with Gasteiger partial charge in [-0.2, -0.15) is 0 Å². The minimum atomic E-state index is -0.748. The zero-order chi connectivity index (χ0) is 27.2. The van der Waals surface area contributed by atoms with E-state index in [1.54, 1.807) is 0 Å². The van der Waals surface area contributed by atoms with Crippen LogP contribution in [0.2, 0.25) is 0 Å². The van der Waals surface area contributed by atoms with E-state index in [2.05, 4.69) is 0 Å². The normalized spacial score (nSPS) is 16.9. The molecule has 200 valence electrons. The van der Waals surface area contributed by atoms with E-state index >= 15 is 0 Å². The largest absolute Gasteiger partial charge is 0.494 e. The fourth-order valence-electron chi connectivity index (χ4n) is 4.24. The maximum absolute atomic E-state index is 13.2. The summed E-state index contributed by atoms with van der Waals surface area (Å²) in [7, 11) is 0.860. The van der Waals surface area contributed by atoms with E-state index in [0.717, 1.165) is 16.6 Å². The monoisotopic (exact) mass is 509 g/mol. The first-order chi connectivity index (χ1) is 17.4. The summed E-state index contributed by atoms with van der Waals surface area (Å²) in [5.41, 5.74) is 1.95. The molecule has 0 N–H and O–H groups in total. The second kappa shape index (κ2) is 12.1. The lowest BCUT2D eigenvalue weighted by molar-refractivity contribution is -0.151. The number of esters is 1. The SMILES string of the molecule is COC(=O)N(CCc1cccc(B2OC(C)(C)C(C)(C)O2)c1)C(CC(C)C)C(=O)OCc1ccccc1. The molecule has 3 rings (SSSR count). The van der Waals surface area contributed by atoms with Gasteiger partial charge in [-0.25, -0.2) is 9.59 Å². The molecule has 0 spiro atoms. The number of nitrogens with zero attached hydrogens (tertiary/aromatic N) is 1. The predicted octanol–water partition coefficient (Wildman–Crippen LogP) is 4.75. The number of hydrogen-bond donors (Lipinski definition) is 0. The van der Waals surface area contributed by atoms with Crippen molar-refractivity contribution < 1.29 is 28.4 Å². The summed E-state index contributed by atoms with van der Waals surface area (Å²) in [4.78, 5) is 27.5. The van der Waals surface area contributed by atoms with Gasteiger partial charge in [0.1, 0.15) is 12.6 Å². The smallest absolute Gasteiger partial charge is 0.459 e. The molecule has 0 saturated carbocycles.